The van der Waals surface area contributed by atoms with Gasteiger partial charge in [-0.15, -0.1) is 0 Å². The average Bonchev–Trinajstić information content (AvgIpc) is 2.38. The highest BCUT2D eigenvalue weighted by Crippen LogP contribution is 2.20. The van der Waals surface area contributed by atoms with Gasteiger partial charge in [0.05, 0.1) is 12.7 Å². The predicted octanol–water partition coefficient (Wildman–Crippen LogP) is 1.99. The molecule has 5 nitrogen and oxygen atoms in total. The number of hydrogen-bond acceptors (Lipinski definition) is 5. The zero-order valence-corrected chi connectivity index (χ0v) is 10.5. The van der Waals surface area contributed by atoms with Crippen LogP contribution in [0.3, 0.4) is 0 Å². The third kappa shape index (κ3) is 2.68. The lowest BCUT2D eigenvalue weighted by molar-refractivity contribution is 0.393. The van der Waals surface area contributed by atoms with Crippen molar-refractivity contribution >= 4 is 11.5 Å². The first-order valence-corrected chi connectivity index (χ1v) is 5.64. The van der Waals surface area contributed by atoms with Gasteiger partial charge in [0.2, 0.25) is 5.88 Å². The Balaban J connectivity index is 2.11. The molecule has 0 aliphatic heterocycles. The summed E-state index contributed by atoms with van der Waals surface area (Å²) in [6, 6.07) is 7.74. The standard InChI is InChI=1S/C13H16N4O/c1-9-12(16-8-17-13(9)18-2)15-7-10-4-3-5-11(14)6-10/h3-6,8H,7,14H2,1-2H3,(H,15,16,17). The van der Waals surface area contributed by atoms with Crippen LogP contribution in [0.2, 0.25) is 0 Å². The van der Waals surface area contributed by atoms with Gasteiger partial charge in [0.25, 0.3) is 0 Å². The number of nitrogens with two attached hydrogens (primary N) is 1. The summed E-state index contributed by atoms with van der Waals surface area (Å²) in [4.78, 5) is 8.22. The van der Waals surface area contributed by atoms with Crippen LogP contribution in [0.25, 0.3) is 0 Å². The van der Waals surface area contributed by atoms with Crippen LogP contribution in [0.1, 0.15) is 11.1 Å². The highest BCUT2D eigenvalue weighted by atomic mass is 16.5. The molecule has 0 fully saturated rings. The zero-order valence-electron chi connectivity index (χ0n) is 10.5. The smallest absolute Gasteiger partial charge is 0.221 e. The highest BCUT2D eigenvalue weighted by Gasteiger charge is 2.06. The molecular formula is C13H16N4O. The predicted molar refractivity (Wildman–Crippen MR) is 71.5 cm³/mol. The number of hydrogen-bond donors (Lipinski definition) is 2. The molecule has 1 aromatic carbocycles. The molecule has 0 aliphatic rings. The molecule has 2 aromatic rings. The fraction of sp³-hybridized carbons (Fsp3) is 0.231. The summed E-state index contributed by atoms with van der Waals surface area (Å²) in [5.41, 5.74) is 8.48. The van der Waals surface area contributed by atoms with Gasteiger partial charge in [-0.1, -0.05) is 12.1 Å². The second-order valence-corrected chi connectivity index (χ2v) is 3.96. The van der Waals surface area contributed by atoms with Crippen LogP contribution in [-0.2, 0) is 6.54 Å². The summed E-state index contributed by atoms with van der Waals surface area (Å²) < 4.78 is 5.15. The van der Waals surface area contributed by atoms with Gasteiger partial charge in [0.1, 0.15) is 12.1 Å². The van der Waals surface area contributed by atoms with E-state index in [1.807, 2.05) is 31.2 Å². The quantitative estimate of drug-likeness (QED) is 0.805. The normalized spacial score (nSPS) is 10.1. The van der Waals surface area contributed by atoms with E-state index in [4.69, 9.17) is 10.5 Å². The third-order valence-corrected chi connectivity index (χ3v) is 2.64. The van der Waals surface area contributed by atoms with Gasteiger partial charge in [-0.25, -0.2) is 9.97 Å². The van der Waals surface area contributed by atoms with Gasteiger partial charge >= 0.3 is 0 Å². The van der Waals surface area contributed by atoms with Crippen LogP contribution < -0.4 is 15.8 Å². The number of methoxy groups -OCH3 is 1. The zero-order chi connectivity index (χ0) is 13.0. The van der Waals surface area contributed by atoms with Gasteiger partial charge < -0.3 is 15.8 Å². The Bertz CT molecular complexity index is 542. The fourth-order valence-electron chi connectivity index (χ4n) is 1.71. The maximum absolute atomic E-state index is 5.73. The van der Waals surface area contributed by atoms with Crippen molar-refractivity contribution in [2.75, 3.05) is 18.2 Å². The van der Waals surface area contributed by atoms with Crippen LogP contribution in [0, 0.1) is 6.92 Å². The summed E-state index contributed by atoms with van der Waals surface area (Å²) >= 11 is 0. The number of nitrogens with one attached hydrogen (secondary N) is 1. The first-order valence-electron chi connectivity index (χ1n) is 5.64. The van der Waals surface area contributed by atoms with Gasteiger partial charge in [0, 0.05) is 12.2 Å². The number of benzene rings is 1. The summed E-state index contributed by atoms with van der Waals surface area (Å²) in [5.74, 6) is 1.35. The molecule has 0 saturated heterocycles. The second kappa shape index (κ2) is 5.35. The number of nitrogen functional groups attached to an aromatic ring is 1. The summed E-state index contributed by atoms with van der Waals surface area (Å²) in [5, 5.41) is 3.24. The van der Waals surface area contributed by atoms with E-state index in [0.29, 0.717) is 12.4 Å². The van der Waals surface area contributed by atoms with E-state index < -0.39 is 0 Å². The minimum Gasteiger partial charge on any atom is -0.481 e. The molecule has 0 spiro atoms. The largest absolute Gasteiger partial charge is 0.481 e. The number of aromatic nitrogens is 2. The number of nitrogens with zero attached hydrogens (tertiary/aromatic N) is 2. The topological polar surface area (TPSA) is 73.1 Å². The van der Waals surface area contributed by atoms with Crippen molar-refractivity contribution in [2.45, 2.75) is 13.5 Å². The van der Waals surface area contributed by atoms with Crippen LogP contribution in [0.15, 0.2) is 30.6 Å². The molecule has 94 valence electrons. The monoisotopic (exact) mass is 244 g/mol. The molecule has 0 unspecified atom stereocenters. The molecule has 3 N–H and O–H groups in total. The van der Waals surface area contributed by atoms with Gasteiger partial charge in [-0.3, -0.25) is 0 Å². The SMILES string of the molecule is COc1ncnc(NCc2cccc(N)c2)c1C. The van der Waals surface area contributed by atoms with E-state index in [2.05, 4.69) is 15.3 Å². The Morgan fingerprint density at radius 2 is 2.17 bits per heavy atom. The Hall–Kier alpha value is -2.30. The van der Waals surface area contributed by atoms with Gasteiger partial charge in [-0.2, -0.15) is 0 Å². The van der Waals surface area contributed by atoms with Crippen LogP contribution in [-0.4, -0.2) is 17.1 Å². The average molecular weight is 244 g/mol. The van der Waals surface area contributed by atoms with E-state index in [1.165, 1.54) is 6.33 Å². The summed E-state index contributed by atoms with van der Waals surface area (Å²) in [7, 11) is 1.59. The molecule has 0 amide bonds. The molecule has 0 radical (unpaired) electrons. The lowest BCUT2D eigenvalue weighted by atomic mass is 10.2. The first kappa shape index (κ1) is 12.2. The van der Waals surface area contributed by atoms with Crippen molar-refractivity contribution in [3.63, 3.8) is 0 Å². The van der Waals surface area contributed by atoms with Gasteiger partial charge in [0.15, 0.2) is 0 Å². The second-order valence-electron chi connectivity index (χ2n) is 3.96. The lowest BCUT2D eigenvalue weighted by Gasteiger charge is -2.10. The van der Waals surface area contributed by atoms with Crippen molar-refractivity contribution in [1.29, 1.82) is 0 Å². The maximum Gasteiger partial charge on any atom is 0.221 e. The lowest BCUT2D eigenvalue weighted by Crippen LogP contribution is -2.05. The Morgan fingerprint density at radius 1 is 1.33 bits per heavy atom. The third-order valence-electron chi connectivity index (χ3n) is 2.64. The number of rotatable bonds is 4. The Morgan fingerprint density at radius 3 is 2.89 bits per heavy atom. The molecule has 0 saturated carbocycles. The summed E-state index contributed by atoms with van der Waals surface area (Å²) in [6.45, 7) is 2.58. The molecular weight excluding hydrogens is 228 g/mol. The van der Waals surface area contributed by atoms with Crippen molar-refractivity contribution in [3.05, 3.63) is 41.7 Å². The van der Waals surface area contributed by atoms with Crippen molar-refractivity contribution < 1.29 is 4.74 Å². The minimum atomic E-state index is 0.583. The Labute approximate surface area is 106 Å². The van der Waals surface area contributed by atoms with E-state index in [-0.39, 0.29) is 0 Å². The van der Waals surface area contributed by atoms with Gasteiger partial charge in [-0.05, 0) is 24.6 Å². The fourth-order valence-corrected chi connectivity index (χ4v) is 1.71. The van der Waals surface area contributed by atoms with Crippen molar-refractivity contribution in [1.82, 2.24) is 9.97 Å². The van der Waals surface area contributed by atoms with Crippen molar-refractivity contribution in [2.24, 2.45) is 0 Å². The molecule has 1 aromatic heterocycles. The molecule has 18 heavy (non-hydrogen) atoms. The number of anilines is 2. The van der Waals surface area contributed by atoms with Crippen molar-refractivity contribution in [3.8, 4) is 5.88 Å². The van der Waals surface area contributed by atoms with E-state index >= 15 is 0 Å². The Kier molecular flexibility index (Phi) is 3.62. The molecule has 5 heteroatoms. The molecule has 0 aliphatic carbocycles. The van der Waals surface area contributed by atoms with E-state index in [1.54, 1.807) is 7.11 Å². The first-order chi connectivity index (χ1) is 8.70. The van der Waals surface area contributed by atoms with Crippen LogP contribution in [0.5, 0.6) is 5.88 Å². The minimum absolute atomic E-state index is 0.583. The molecule has 0 atom stereocenters. The van der Waals surface area contributed by atoms with E-state index in [9.17, 15) is 0 Å². The molecule has 0 bridgehead atoms. The number of ether oxygens (including phenoxy) is 1. The molecule has 2 rings (SSSR count). The molecule has 1 heterocycles. The maximum atomic E-state index is 5.73. The van der Waals surface area contributed by atoms with Crippen LogP contribution >= 0.6 is 0 Å². The summed E-state index contributed by atoms with van der Waals surface area (Å²) in [6.07, 6.45) is 1.48. The highest BCUT2D eigenvalue weighted by molar-refractivity contribution is 5.49. The van der Waals surface area contributed by atoms with E-state index in [0.717, 1.165) is 22.6 Å². The van der Waals surface area contributed by atoms with Crippen LogP contribution in [0.4, 0.5) is 11.5 Å².